The van der Waals surface area contributed by atoms with Crippen molar-refractivity contribution in [1.29, 1.82) is 0 Å². The van der Waals surface area contributed by atoms with Crippen LogP contribution in [0.4, 0.5) is 0 Å². The molecule has 1 N–H and O–H groups in total. The van der Waals surface area contributed by atoms with E-state index in [0.29, 0.717) is 5.75 Å². The van der Waals surface area contributed by atoms with E-state index in [1.165, 1.54) is 11.8 Å². The highest BCUT2D eigenvalue weighted by Gasteiger charge is 2.50. The van der Waals surface area contributed by atoms with Gasteiger partial charge in [0.15, 0.2) is 0 Å². The smallest absolute Gasteiger partial charge is 0.316 e. The van der Waals surface area contributed by atoms with Gasteiger partial charge in [-0.1, -0.05) is 39.0 Å². The van der Waals surface area contributed by atoms with Gasteiger partial charge in [-0.15, -0.1) is 0 Å². The van der Waals surface area contributed by atoms with Gasteiger partial charge >= 0.3 is 10.8 Å². The first kappa shape index (κ1) is 16.4. The Kier molecular flexibility index (Phi) is 3.70. The molecule has 0 spiro atoms. The van der Waals surface area contributed by atoms with Gasteiger partial charge in [0.1, 0.15) is 17.3 Å². The number of aromatic nitrogens is 1. The second-order valence-corrected chi connectivity index (χ2v) is 9.38. The van der Waals surface area contributed by atoms with Gasteiger partial charge in [0, 0.05) is 20.8 Å². The van der Waals surface area contributed by atoms with Crippen LogP contribution in [0.2, 0.25) is 0 Å². The molecule has 2 aliphatic rings. The first-order chi connectivity index (χ1) is 12.5. The summed E-state index contributed by atoms with van der Waals surface area (Å²) in [6.45, 7) is 1.87. The third-order valence-electron chi connectivity index (χ3n) is 4.69. The van der Waals surface area contributed by atoms with Crippen LogP contribution in [-0.2, 0) is 4.79 Å². The number of esters is 1. The molecule has 0 bridgehead atoms. The largest absolute Gasteiger partial charge is 0.465 e. The molecule has 3 atom stereocenters. The van der Waals surface area contributed by atoms with Crippen molar-refractivity contribution in [3.63, 3.8) is 0 Å². The van der Waals surface area contributed by atoms with E-state index in [4.69, 9.17) is 9.15 Å². The lowest BCUT2D eigenvalue weighted by molar-refractivity contribution is -0.141. The summed E-state index contributed by atoms with van der Waals surface area (Å²) < 4.78 is 12.4. The van der Waals surface area contributed by atoms with Crippen LogP contribution in [0, 0.1) is 12.8 Å². The number of hydrogen-bond donors (Lipinski definition) is 1. The van der Waals surface area contributed by atoms with Gasteiger partial charge in [0.25, 0.3) is 0 Å². The van der Waals surface area contributed by atoms with Gasteiger partial charge in [-0.2, -0.15) is 0 Å². The summed E-state index contributed by atoms with van der Waals surface area (Å²) in [7, 11) is 0. The van der Waals surface area contributed by atoms with Crippen LogP contribution in [0.25, 0.3) is 0 Å². The maximum Gasteiger partial charge on any atom is 0.316 e. The Bertz CT molecular complexity index is 1100. The number of aryl methyl sites for hydroxylation is 1. The predicted octanol–water partition coefficient (Wildman–Crippen LogP) is 4.61. The second kappa shape index (κ2) is 5.87. The van der Waals surface area contributed by atoms with E-state index < -0.39 is 5.92 Å². The van der Waals surface area contributed by atoms with E-state index in [2.05, 4.69) is 20.9 Å². The monoisotopic (exact) mass is 449 g/mol. The molecule has 0 amide bonds. The molecule has 5 rings (SSSR count). The van der Waals surface area contributed by atoms with Gasteiger partial charge in [0.05, 0.1) is 16.2 Å². The van der Waals surface area contributed by atoms with Crippen molar-refractivity contribution in [3.8, 4) is 5.75 Å². The van der Waals surface area contributed by atoms with Gasteiger partial charge in [0.2, 0.25) is 0 Å². The summed E-state index contributed by atoms with van der Waals surface area (Å²) in [5.74, 6) is 1.07. The summed E-state index contributed by atoms with van der Waals surface area (Å²) in [5, 5.41) is 0.548. The summed E-state index contributed by atoms with van der Waals surface area (Å²) in [6, 6.07) is 9.38. The third kappa shape index (κ3) is 2.43. The van der Waals surface area contributed by atoms with Crippen LogP contribution in [0.5, 0.6) is 5.75 Å². The number of carbonyl (C=O) groups is 1. The van der Waals surface area contributed by atoms with Crippen molar-refractivity contribution >= 4 is 45.0 Å². The molecule has 2 aliphatic heterocycles. The molecule has 26 heavy (non-hydrogen) atoms. The van der Waals surface area contributed by atoms with Crippen LogP contribution in [0.15, 0.2) is 49.0 Å². The van der Waals surface area contributed by atoms with Crippen molar-refractivity contribution in [2.45, 2.75) is 23.1 Å². The normalized spacial score (nSPS) is 23.8. The molecule has 8 heteroatoms. The van der Waals surface area contributed by atoms with Crippen LogP contribution < -0.4 is 9.61 Å². The third-order valence-corrected chi connectivity index (χ3v) is 7.61. The number of halogens is 1. The SMILES string of the molecule is Cc1ccc(C2Sc3[nH]c(=O)sc3C3c4cc(Br)ccc4OC(=O)C23)o1. The highest BCUT2D eigenvalue weighted by atomic mass is 79.9. The number of nitrogens with one attached hydrogen (secondary N) is 1. The molecular weight excluding hydrogens is 438 g/mol. The van der Waals surface area contributed by atoms with Crippen LogP contribution >= 0.6 is 39.0 Å². The Morgan fingerprint density at radius 1 is 1.19 bits per heavy atom. The van der Waals surface area contributed by atoms with Crippen LogP contribution in [0.3, 0.4) is 0 Å². The minimum atomic E-state index is -0.453. The number of ether oxygens (including phenoxy) is 1. The Morgan fingerprint density at radius 3 is 2.81 bits per heavy atom. The molecule has 132 valence electrons. The second-order valence-electron chi connectivity index (χ2n) is 6.30. The number of thiazole rings is 1. The summed E-state index contributed by atoms with van der Waals surface area (Å²) in [4.78, 5) is 28.6. The lowest BCUT2D eigenvalue weighted by Gasteiger charge is -2.38. The number of thioether (sulfide) groups is 1. The van der Waals surface area contributed by atoms with Crippen LogP contribution in [0.1, 0.15) is 33.1 Å². The van der Waals surface area contributed by atoms with Crippen molar-refractivity contribution in [3.05, 3.63) is 66.4 Å². The number of fused-ring (bicyclic) bond motifs is 5. The lowest BCUT2D eigenvalue weighted by atomic mass is 9.79. The Balaban J connectivity index is 1.75. The Labute approximate surface area is 164 Å². The van der Waals surface area contributed by atoms with Crippen molar-refractivity contribution in [1.82, 2.24) is 4.98 Å². The molecule has 3 unspecified atom stereocenters. The molecule has 0 radical (unpaired) electrons. The van der Waals surface area contributed by atoms with E-state index in [9.17, 15) is 9.59 Å². The van der Waals surface area contributed by atoms with Gasteiger partial charge in [-0.25, -0.2) is 0 Å². The zero-order valence-electron chi connectivity index (χ0n) is 13.4. The lowest BCUT2D eigenvalue weighted by Crippen LogP contribution is -2.37. The van der Waals surface area contributed by atoms with E-state index in [-0.39, 0.29) is 22.0 Å². The number of furan rings is 1. The number of hydrogen-bond acceptors (Lipinski definition) is 6. The van der Waals surface area contributed by atoms with E-state index >= 15 is 0 Å². The molecule has 4 heterocycles. The number of aromatic amines is 1. The zero-order valence-corrected chi connectivity index (χ0v) is 16.7. The maximum atomic E-state index is 12.9. The topological polar surface area (TPSA) is 72.3 Å². The first-order valence-corrected chi connectivity index (χ1v) is 10.5. The summed E-state index contributed by atoms with van der Waals surface area (Å²) >= 11 is 6.13. The Morgan fingerprint density at radius 2 is 2.04 bits per heavy atom. The average molecular weight is 450 g/mol. The summed E-state index contributed by atoms with van der Waals surface area (Å²) in [5.41, 5.74) is 0.911. The standard InChI is InChI=1S/C18H12BrNO4S2/c1-7-2-4-11(23-7)14-13-12(15-16(25-14)20-18(22)26-15)9-6-8(19)3-5-10(9)24-17(13)21/h2-6,12-14H,1H3,(H,20,22). The fraction of sp³-hybridized carbons (Fsp3) is 0.222. The molecule has 0 saturated carbocycles. The van der Waals surface area contributed by atoms with E-state index in [0.717, 1.165) is 42.8 Å². The molecule has 0 fully saturated rings. The highest BCUT2D eigenvalue weighted by Crippen LogP contribution is 2.59. The minimum absolute atomic E-state index is 0.118. The van der Waals surface area contributed by atoms with Gasteiger partial charge < -0.3 is 14.1 Å². The highest BCUT2D eigenvalue weighted by molar-refractivity contribution is 9.10. The average Bonchev–Trinajstić information content (AvgIpc) is 3.19. The number of H-pyrrole nitrogens is 1. The van der Waals surface area contributed by atoms with E-state index in [1.54, 1.807) is 6.07 Å². The predicted molar refractivity (Wildman–Crippen MR) is 102 cm³/mol. The number of carbonyl (C=O) groups excluding carboxylic acids is 1. The zero-order chi connectivity index (χ0) is 18.0. The van der Waals surface area contributed by atoms with Crippen molar-refractivity contribution in [2.75, 3.05) is 0 Å². The summed E-state index contributed by atoms with van der Waals surface area (Å²) in [6.07, 6.45) is 0. The first-order valence-electron chi connectivity index (χ1n) is 7.98. The molecule has 2 aromatic heterocycles. The quantitative estimate of drug-likeness (QED) is 0.433. The molecule has 0 saturated heterocycles. The maximum absolute atomic E-state index is 12.9. The molecule has 3 aromatic rings. The molecule has 5 nitrogen and oxygen atoms in total. The van der Waals surface area contributed by atoms with E-state index in [1.807, 2.05) is 31.2 Å². The van der Waals surface area contributed by atoms with Gasteiger partial charge in [-0.3, -0.25) is 9.59 Å². The van der Waals surface area contributed by atoms with Crippen LogP contribution in [-0.4, -0.2) is 11.0 Å². The number of benzene rings is 1. The molecular formula is C18H12BrNO4S2. The fourth-order valence-corrected chi connectivity index (χ4v) is 6.54. The van der Waals surface area contributed by atoms with Crippen molar-refractivity contribution in [2.24, 2.45) is 5.92 Å². The number of rotatable bonds is 1. The van der Waals surface area contributed by atoms with Crippen molar-refractivity contribution < 1.29 is 13.9 Å². The molecule has 0 aliphatic carbocycles. The Hall–Kier alpha value is -1.77. The molecule has 1 aromatic carbocycles. The van der Waals surface area contributed by atoms with Gasteiger partial charge in [-0.05, 0) is 37.3 Å². The fourth-order valence-electron chi connectivity index (χ4n) is 3.62. The minimum Gasteiger partial charge on any atom is -0.465 e.